The van der Waals surface area contributed by atoms with Gasteiger partial charge in [0.05, 0.1) is 12.3 Å². The Hall–Kier alpha value is -1.17. The van der Waals surface area contributed by atoms with E-state index in [2.05, 4.69) is 33.3 Å². The van der Waals surface area contributed by atoms with E-state index in [4.69, 9.17) is 9.84 Å². The van der Waals surface area contributed by atoms with Crippen molar-refractivity contribution in [2.75, 3.05) is 20.3 Å². The second-order valence-corrected chi connectivity index (χ2v) is 7.63. The summed E-state index contributed by atoms with van der Waals surface area (Å²) in [5.41, 5.74) is 2.66. The Morgan fingerprint density at radius 1 is 1.41 bits per heavy atom. The number of aromatic nitrogens is 2. The van der Waals surface area contributed by atoms with Crippen LogP contribution in [0.25, 0.3) is 0 Å². The number of hydrogen-bond acceptors (Lipinski definition) is 4. The van der Waals surface area contributed by atoms with Gasteiger partial charge in [0.25, 0.3) is 0 Å². The predicted octanol–water partition coefficient (Wildman–Crippen LogP) is 3.10. The van der Waals surface area contributed by atoms with Gasteiger partial charge in [-0.05, 0) is 30.2 Å². The number of fused-ring (bicyclic) bond motifs is 1. The summed E-state index contributed by atoms with van der Waals surface area (Å²) in [6, 6.07) is 4.35. The highest BCUT2D eigenvalue weighted by atomic mass is 32.1. The van der Waals surface area contributed by atoms with Gasteiger partial charge in [-0.1, -0.05) is 6.07 Å². The molecule has 4 rings (SSSR count). The molecule has 1 aliphatic carbocycles. The summed E-state index contributed by atoms with van der Waals surface area (Å²) < 4.78 is 7.64. The van der Waals surface area contributed by atoms with Crippen molar-refractivity contribution in [1.82, 2.24) is 14.7 Å². The Bertz CT molecular complexity index is 618. The van der Waals surface area contributed by atoms with Gasteiger partial charge in [0.15, 0.2) is 0 Å². The summed E-state index contributed by atoms with van der Waals surface area (Å²) in [4.78, 5) is 3.93. The quantitative estimate of drug-likeness (QED) is 0.820. The minimum Gasteiger partial charge on any atom is -0.384 e. The zero-order valence-corrected chi connectivity index (χ0v) is 13.9. The Balaban J connectivity index is 1.53. The average molecular weight is 317 g/mol. The van der Waals surface area contributed by atoms with Crippen LogP contribution >= 0.6 is 11.3 Å². The van der Waals surface area contributed by atoms with Gasteiger partial charge in [-0.25, -0.2) is 0 Å². The molecule has 0 amide bonds. The molecule has 0 aromatic carbocycles. The van der Waals surface area contributed by atoms with Crippen molar-refractivity contribution in [2.45, 2.75) is 38.4 Å². The molecule has 1 atom stereocenters. The summed E-state index contributed by atoms with van der Waals surface area (Å²) in [5.74, 6) is 1.31. The first kappa shape index (κ1) is 14.4. The molecule has 1 fully saturated rings. The van der Waals surface area contributed by atoms with E-state index in [1.54, 1.807) is 7.11 Å². The van der Waals surface area contributed by atoms with Crippen LogP contribution in [0.1, 0.15) is 34.9 Å². The van der Waals surface area contributed by atoms with Crippen LogP contribution in [0.5, 0.6) is 0 Å². The van der Waals surface area contributed by atoms with Gasteiger partial charge in [0.2, 0.25) is 0 Å². The van der Waals surface area contributed by atoms with Crippen molar-refractivity contribution in [3.8, 4) is 0 Å². The number of rotatable bonds is 6. The molecule has 4 nitrogen and oxygen atoms in total. The smallest absolute Gasteiger partial charge is 0.0801 e. The maximum atomic E-state index is 5.46. The maximum Gasteiger partial charge on any atom is 0.0801 e. The first-order valence-corrected chi connectivity index (χ1v) is 8.99. The molecular weight excluding hydrogens is 294 g/mol. The van der Waals surface area contributed by atoms with Crippen molar-refractivity contribution in [3.05, 3.63) is 39.8 Å². The number of methoxy groups -OCH3 is 1. The minimum absolute atomic E-state index is 0.446. The van der Waals surface area contributed by atoms with Crippen LogP contribution in [0.4, 0.5) is 0 Å². The molecule has 0 spiro atoms. The SMILES string of the molecule is COC[C@H]1CN(Cc2cccs2)Cc2nn(CC3CC3)cc21. The number of ether oxygens (including phenoxy) is 1. The van der Waals surface area contributed by atoms with Crippen LogP contribution < -0.4 is 0 Å². The van der Waals surface area contributed by atoms with Gasteiger partial charge in [-0.2, -0.15) is 5.10 Å². The molecule has 0 radical (unpaired) electrons. The zero-order chi connectivity index (χ0) is 14.9. The van der Waals surface area contributed by atoms with Crippen molar-refractivity contribution >= 4 is 11.3 Å². The molecule has 2 aromatic rings. The molecule has 2 aliphatic rings. The van der Waals surface area contributed by atoms with Crippen LogP contribution in [-0.4, -0.2) is 34.9 Å². The first-order chi connectivity index (χ1) is 10.8. The molecule has 0 unspecified atom stereocenters. The monoisotopic (exact) mass is 317 g/mol. The zero-order valence-electron chi connectivity index (χ0n) is 13.1. The molecule has 1 aliphatic heterocycles. The molecule has 1 saturated carbocycles. The van der Waals surface area contributed by atoms with Crippen molar-refractivity contribution in [2.24, 2.45) is 5.92 Å². The fraction of sp³-hybridized carbons (Fsp3) is 0.588. The van der Waals surface area contributed by atoms with E-state index in [1.807, 2.05) is 11.3 Å². The summed E-state index contributed by atoms with van der Waals surface area (Å²) in [6.07, 6.45) is 5.02. The fourth-order valence-electron chi connectivity index (χ4n) is 3.37. The third-order valence-electron chi connectivity index (χ3n) is 4.63. The van der Waals surface area contributed by atoms with Crippen LogP contribution in [0, 0.1) is 5.92 Å². The van der Waals surface area contributed by atoms with Crippen molar-refractivity contribution in [3.63, 3.8) is 0 Å². The fourth-order valence-corrected chi connectivity index (χ4v) is 4.12. The Labute approximate surface area is 135 Å². The lowest BCUT2D eigenvalue weighted by molar-refractivity contribution is 0.136. The lowest BCUT2D eigenvalue weighted by Gasteiger charge is -2.31. The van der Waals surface area contributed by atoms with Crippen molar-refractivity contribution in [1.29, 1.82) is 0 Å². The highest BCUT2D eigenvalue weighted by molar-refractivity contribution is 7.09. The van der Waals surface area contributed by atoms with E-state index in [-0.39, 0.29) is 0 Å². The van der Waals surface area contributed by atoms with Gasteiger partial charge < -0.3 is 4.74 Å². The van der Waals surface area contributed by atoms with E-state index in [9.17, 15) is 0 Å². The van der Waals surface area contributed by atoms with Gasteiger partial charge in [0.1, 0.15) is 0 Å². The van der Waals surface area contributed by atoms with Crippen LogP contribution in [0.3, 0.4) is 0 Å². The summed E-state index contributed by atoms with van der Waals surface area (Å²) in [7, 11) is 1.80. The topological polar surface area (TPSA) is 30.3 Å². The molecule has 0 bridgehead atoms. The Morgan fingerprint density at radius 3 is 3.05 bits per heavy atom. The van der Waals surface area contributed by atoms with E-state index >= 15 is 0 Å². The Morgan fingerprint density at radius 2 is 2.32 bits per heavy atom. The molecule has 5 heteroatoms. The molecule has 0 saturated heterocycles. The highest BCUT2D eigenvalue weighted by Crippen LogP contribution is 2.33. The van der Waals surface area contributed by atoms with Gasteiger partial charge in [0, 0.05) is 55.8 Å². The van der Waals surface area contributed by atoms with E-state index in [0.717, 1.165) is 38.7 Å². The standard InChI is InChI=1S/C17H23N3OS/c1-21-12-14-8-19(9-15-3-2-6-22-15)11-17-16(14)10-20(18-17)7-13-4-5-13/h2-3,6,10,13-14H,4-5,7-9,11-12H2,1H3/t14-/m1/s1. The van der Waals surface area contributed by atoms with E-state index < -0.39 is 0 Å². The second kappa shape index (κ2) is 6.14. The number of hydrogen-bond donors (Lipinski definition) is 0. The molecule has 2 aromatic heterocycles. The molecule has 3 heterocycles. The van der Waals surface area contributed by atoms with Gasteiger partial charge >= 0.3 is 0 Å². The van der Waals surface area contributed by atoms with Crippen LogP contribution in [0.2, 0.25) is 0 Å². The van der Waals surface area contributed by atoms with Gasteiger partial charge in [-0.15, -0.1) is 11.3 Å². The minimum atomic E-state index is 0.446. The summed E-state index contributed by atoms with van der Waals surface area (Å²) in [6.45, 7) is 4.92. The normalized spacial score (nSPS) is 22.0. The number of nitrogens with zero attached hydrogens (tertiary/aromatic N) is 3. The third-order valence-corrected chi connectivity index (χ3v) is 5.49. The third kappa shape index (κ3) is 3.12. The molecule has 118 valence electrons. The van der Waals surface area contributed by atoms with Crippen LogP contribution in [0.15, 0.2) is 23.7 Å². The average Bonchev–Trinajstić information content (AvgIpc) is 2.98. The molecule has 0 N–H and O–H groups in total. The van der Waals surface area contributed by atoms with E-state index in [0.29, 0.717) is 5.92 Å². The van der Waals surface area contributed by atoms with Gasteiger partial charge in [-0.3, -0.25) is 9.58 Å². The lowest BCUT2D eigenvalue weighted by atomic mass is 9.95. The van der Waals surface area contributed by atoms with Crippen LogP contribution in [-0.2, 0) is 24.4 Å². The predicted molar refractivity (Wildman–Crippen MR) is 88.0 cm³/mol. The highest BCUT2D eigenvalue weighted by Gasteiger charge is 2.30. The van der Waals surface area contributed by atoms with Crippen molar-refractivity contribution < 1.29 is 4.74 Å². The second-order valence-electron chi connectivity index (χ2n) is 6.60. The number of thiophene rings is 1. The molecule has 22 heavy (non-hydrogen) atoms. The maximum absolute atomic E-state index is 5.46. The summed E-state index contributed by atoms with van der Waals surface area (Å²) >= 11 is 1.84. The first-order valence-electron chi connectivity index (χ1n) is 8.11. The molecular formula is C17H23N3OS. The summed E-state index contributed by atoms with van der Waals surface area (Å²) in [5, 5.41) is 7.02. The lowest BCUT2D eigenvalue weighted by Crippen LogP contribution is -2.34. The Kier molecular flexibility index (Phi) is 4.03. The largest absolute Gasteiger partial charge is 0.384 e. The van der Waals surface area contributed by atoms with E-state index in [1.165, 1.54) is 29.0 Å².